The molecule has 0 unspecified atom stereocenters. The molecule has 0 N–H and O–H groups in total. The number of nitrogens with zero attached hydrogens (tertiary/aromatic N) is 2. The Labute approximate surface area is 124 Å². The van der Waals surface area contributed by atoms with Gasteiger partial charge < -0.3 is 9.36 Å². The van der Waals surface area contributed by atoms with Crippen molar-refractivity contribution in [3.63, 3.8) is 0 Å². The Kier molecular flexibility index (Phi) is 6.53. The van der Waals surface area contributed by atoms with Crippen LogP contribution in [0.2, 0.25) is 0 Å². The SMILES string of the molecule is C=CN=C(C)c1cc2c(F)cccc2n1C.CCCC=O. The number of hydrogen-bond acceptors (Lipinski definition) is 2. The van der Waals surface area contributed by atoms with Gasteiger partial charge in [0.1, 0.15) is 12.1 Å². The van der Waals surface area contributed by atoms with Crippen LogP contribution in [-0.4, -0.2) is 16.6 Å². The monoisotopic (exact) mass is 288 g/mol. The van der Waals surface area contributed by atoms with Crippen molar-refractivity contribution in [2.45, 2.75) is 26.7 Å². The summed E-state index contributed by atoms with van der Waals surface area (Å²) in [6.45, 7) is 7.42. The molecule has 1 aromatic carbocycles. The van der Waals surface area contributed by atoms with Gasteiger partial charge in [-0.1, -0.05) is 19.6 Å². The van der Waals surface area contributed by atoms with Gasteiger partial charge in [-0.15, -0.1) is 0 Å². The van der Waals surface area contributed by atoms with Gasteiger partial charge in [0.25, 0.3) is 0 Å². The Hall–Kier alpha value is -2.23. The smallest absolute Gasteiger partial charge is 0.132 e. The highest BCUT2D eigenvalue weighted by Gasteiger charge is 2.10. The standard InChI is InChI=1S/C13H13FN2.C4H8O/c1-4-15-9(2)13-8-10-11(14)6-5-7-12(10)16(13)3;1-2-3-4-5/h4-8H,1H2,2-3H3;4H,2-3H2,1H3. The van der Waals surface area contributed by atoms with E-state index < -0.39 is 0 Å². The predicted molar refractivity (Wildman–Crippen MR) is 86.3 cm³/mol. The van der Waals surface area contributed by atoms with Crippen LogP contribution in [0.3, 0.4) is 0 Å². The Morgan fingerprint density at radius 1 is 1.48 bits per heavy atom. The van der Waals surface area contributed by atoms with Crippen molar-refractivity contribution in [1.29, 1.82) is 0 Å². The third-order valence-electron chi connectivity index (χ3n) is 3.10. The molecule has 0 spiro atoms. The average molecular weight is 288 g/mol. The molecule has 0 aliphatic carbocycles. The molecule has 0 saturated heterocycles. The summed E-state index contributed by atoms with van der Waals surface area (Å²) >= 11 is 0. The van der Waals surface area contributed by atoms with Crippen molar-refractivity contribution in [3.05, 3.63) is 48.6 Å². The van der Waals surface area contributed by atoms with Crippen LogP contribution in [0, 0.1) is 5.82 Å². The molecule has 1 heterocycles. The van der Waals surface area contributed by atoms with Gasteiger partial charge in [0.2, 0.25) is 0 Å². The number of carbonyl (C=O) groups excluding carboxylic acids is 1. The average Bonchev–Trinajstić information content (AvgIpc) is 2.80. The summed E-state index contributed by atoms with van der Waals surface area (Å²) in [5, 5.41) is 0.624. The number of rotatable bonds is 4. The zero-order valence-corrected chi connectivity index (χ0v) is 12.8. The highest BCUT2D eigenvalue weighted by Crippen LogP contribution is 2.22. The van der Waals surface area contributed by atoms with Crippen LogP contribution in [-0.2, 0) is 11.8 Å². The predicted octanol–water partition coefficient (Wildman–Crippen LogP) is 4.26. The summed E-state index contributed by atoms with van der Waals surface area (Å²) in [6, 6.07) is 6.88. The van der Waals surface area contributed by atoms with Crippen LogP contribution in [0.15, 0.2) is 42.0 Å². The lowest BCUT2D eigenvalue weighted by molar-refractivity contribution is -0.107. The first-order valence-corrected chi connectivity index (χ1v) is 6.90. The highest BCUT2D eigenvalue weighted by molar-refractivity contribution is 6.02. The van der Waals surface area contributed by atoms with Gasteiger partial charge in [-0.3, -0.25) is 4.99 Å². The fraction of sp³-hybridized carbons (Fsp3) is 0.294. The summed E-state index contributed by atoms with van der Waals surface area (Å²) in [4.78, 5) is 13.5. The molecule has 112 valence electrons. The molecule has 2 rings (SSSR count). The second-order valence-electron chi connectivity index (χ2n) is 4.61. The number of aldehydes is 1. The maximum Gasteiger partial charge on any atom is 0.132 e. The van der Waals surface area contributed by atoms with E-state index in [1.807, 2.05) is 37.6 Å². The van der Waals surface area contributed by atoms with E-state index in [4.69, 9.17) is 0 Å². The molecule has 0 saturated carbocycles. The van der Waals surface area contributed by atoms with Crippen LogP contribution in [0.25, 0.3) is 10.9 Å². The number of aromatic nitrogens is 1. The zero-order chi connectivity index (χ0) is 15.8. The zero-order valence-electron chi connectivity index (χ0n) is 12.8. The Morgan fingerprint density at radius 3 is 2.67 bits per heavy atom. The van der Waals surface area contributed by atoms with Gasteiger partial charge >= 0.3 is 0 Å². The summed E-state index contributed by atoms with van der Waals surface area (Å²) in [5.74, 6) is -0.203. The lowest BCUT2D eigenvalue weighted by Gasteiger charge is -2.02. The molecule has 0 fully saturated rings. The molecule has 0 radical (unpaired) electrons. The van der Waals surface area contributed by atoms with E-state index in [1.165, 1.54) is 12.3 Å². The number of fused-ring (bicyclic) bond motifs is 1. The van der Waals surface area contributed by atoms with Gasteiger partial charge in [-0.2, -0.15) is 0 Å². The fourth-order valence-electron chi connectivity index (χ4n) is 1.99. The second kappa shape index (κ2) is 8.15. The fourth-order valence-corrected chi connectivity index (χ4v) is 1.99. The molecule has 0 aliphatic heterocycles. The van der Waals surface area contributed by atoms with Crippen LogP contribution in [0.1, 0.15) is 32.4 Å². The first kappa shape index (κ1) is 16.8. The van der Waals surface area contributed by atoms with Crippen LogP contribution in [0.4, 0.5) is 4.39 Å². The van der Waals surface area contributed by atoms with Crippen molar-refractivity contribution in [2.24, 2.45) is 12.0 Å². The van der Waals surface area contributed by atoms with Crippen molar-refractivity contribution >= 4 is 22.9 Å². The van der Waals surface area contributed by atoms with E-state index in [0.717, 1.165) is 29.6 Å². The number of aliphatic imine (C=N–C) groups is 1. The maximum absolute atomic E-state index is 13.6. The summed E-state index contributed by atoms with van der Waals surface area (Å²) in [7, 11) is 1.90. The summed E-state index contributed by atoms with van der Waals surface area (Å²) in [5.41, 5.74) is 2.60. The molecule has 3 nitrogen and oxygen atoms in total. The van der Waals surface area contributed by atoms with E-state index in [1.54, 1.807) is 6.07 Å². The molecule has 2 aromatic rings. The van der Waals surface area contributed by atoms with E-state index in [0.29, 0.717) is 11.8 Å². The molecule has 0 atom stereocenters. The van der Waals surface area contributed by atoms with Gasteiger partial charge in [0.15, 0.2) is 0 Å². The molecular weight excluding hydrogens is 267 g/mol. The summed E-state index contributed by atoms with van der Waals surface area (Å²) < 4.78 is 15.5. The molecule has 1 aromatic heterocycles. The third kappa shape index (κ3) is 4.12. The Bertz CT molecular complexity index is 656. The summed E-state index contributed by atoms with van der Waals surface area (Å²) in [6.07, 6.45) is 4.10. The molecule has 4 heteroatoms. The number of benzene rings is 1. The topological polar surface area (TPSA) is 34.4 Å². The minimum atomic E-state index is -0.203. The minimum Gasteiger partial charge on any atom is -0.343 e. The molecule has 21 heavy (non-hydrogen) atoms. The third-order valence-corrected chi connectivity index (χ3v) is 3.10. The minimum absolute atomic E-state index is 0.203. The number of hydrogen-bond donors (Lipinski definition) is 0. The van der Waals surface area contributed by atoms with Crippen LogP contribution < -0.4 is 0 Å². The van der Waals surface area contributed by atoms with E-state index in [9.17, 15) is 9.18 Å². The van der Waals surface area contributed by atoms with Crippen molar-refractivity contribution in [2.75, 3.05) is 0 Å². The lowest BCUT2D eigenvalue weighted by atomic mass is 10.2. The number of aryl methyl sites for hydroxylation is 1. The number of unbranched alkanes of at least 4 members (excludes halogenated alkanes) is 1. The van der Waals surface area contributed by atoms with Gasteiger partial charge in [0.05, 0.1) is 16.9 Å². The van der Waals surface area contributed by atoms with Crippen LogP contribution >= 0.6 is 0 Å². The van der Waals surface area contributed by atoms with Crippen molar-refractivity contribution in [1.82, 2.24) is 4.57 Å². The van der Waals surface area contributed by atoms with E-state index in [2.05, 4.69) is 11.6 Å². The molecule has 0 aliphatic rings. The lowest BCUT2D eigenvalue weighted by Crippen LogP contribution is -2.01. The molecule has 0 amide bonds. The first-order valence-electron chi connectivity index (χ1n) is 6.90. The number of halogens is 1. The largest absolute Gasteiger partial charge is 0.343 e. The van der Waals surface area contributed by atoms with Gasteiger partial charge in [-0.25, -0.2) is 4.39 Å². The quantitative estimate of drug-likeness (QED) is 0.611. The Morgan fingerprint density at radius 2 is 2.19 bits per heavy atom. The second-order valence-corrected chi connectivity index (χ2v) is 4.61. The number of carbonyl (C=O) groups is 1. The van der Waals surface area contributed by atoms with Crippen molar-refractivity contribution < 1.29 is 9.18 Å². The van der Waals surface area contributed by atoms with Crippen LogP contribution in [0.5, 0.6) is 0 Å². The van der Waals surface area contributed by atoms with E-state index >= 15 is 0 Å². The highest BCUT2D eigenvalue weighted by atomic mass is 19.1. The molecular formula is C17H21FN2O. The van der Waals surface area contributed by atoms with Gasteiger partial charge in [0, 0.05) is 25.1 Å². The normalized spacial score (nSPS) is 11.0. The van der Waals surface area contributed by atoms with Gasteiger partial charge in [-0.05, 0) is 31.5 Å². The maximum atomic E-state index is 13.6. The Balaban J connectivity index is 0.000000383. The van der Waals surface area contributed by atoms with E-state index in [-0.39, 0.29) is 5.82 Å². The van der Waals surface area contributed by atoms with Crippen molar-refractivity contribution in [3.8, 4) is 0 Å². The molecule has 0 bridgehead atoms. The first-order chi connectivity index (χ1) is 10.1.